The van der Waals surface area contributed by atoms with Crippen LogP contribution in [0.4, 0.5) is 24.3 Å². The highest BCUT2D eigenvalue weighted by Crippen LogP contribution is 2.35. The summed E-state index contributed by atoms with van der Waals surface area (Å²) in [6.45, 7) is 0. The van der Waals surface area contributed by atoms with E-state index in [4.69, 9.17) is 4.74 Å². The Morgan fingerprint density at radius 1 is 0.966 bits per heavy atom. The van der Waals surface area contributed by atoms with Crippen LogP contribution in [0.5, 0.6) is 5.75 Å². The number of ether oxygens (including phenoxy) is 1. The third kappa shape index (κ3) is 3.86. The number of fused-ring (bicyclic) bond motifs is 1. The number of halogens is 3. The minimum absolute atomic E-state index is 0.0790. The highest BCUT2D eigenvalue weighted by molar-refractivity contribution is 7.22. The number of methoxy groups -OCH3 is 1. The number of alkyl halides is 3. The Balaban J connectivity index is 1.80. The van der Waals surface area contributed by atoms with Gasteiger partial charge in [0.25, 0.3) is 0 Å². The molecule has 2 heterocycles. The number of hydrogen-bond donors (Lipinski definition) is 0. The number of nitrogens with zero attached hydrogens (tertiary/aromatic N) is 4. The second-order valence-electron chi connectivity index (χ2n) is 6.19. The molecule has 29 heavy (non-hydrogen) atoms. The van der Waals surface area contributed by atoms with Gasteiger partial charge in [-0.05, 0) is 42.5 Å². The molecule has 0 fully saturated rings. The fraction of sp³-hybridized carbons (Fsp3) is 0.150. The lowest BCUT2D eigenvalue weighted by molar-refractivity contribution is -0.141. The summed E-state index contributed by atoms with van der Waals surface area (Å²) >= 11 is 1.36. The number of para-hydroxylation sites is 1. The predicted molar refractivity (Wildman–Crippen MR) is 107 cm³/mol. The maximum atomic E-state index is 13.5. The van der Waals surface area contributed by atoms with Crippen molar-refractivity contribution in [2.45, 2.75) is 6.18 Å². The van der Waals surface area contributed by atoms with Gasteiger partial charge in [-0.1, -0.05) is 23.5 Å². The largest absolute Gasteiger partial charge is 0.497 e. The topological polar surface area (TPSA) is 51.1 Å². The van der Waals surface area contributed by atoms with Crippen molar-refractivity contribution >= 4 is 32.6 Å². The van der Waals surface area contributed by atoms with Gasteiger partial charge in [0.2, 0.25) is 5.95 Å². The van der Waals surface area contributed by atoms with E-state index < -0.39 is 11.9 Å². The van der Waals surface area contributed by atoms with Crippen molar-refractivity contribution in [1.29, 1.82) is 0 Å². The molecule has 0 spiro atoms. The number of anilines is 2. The number of thiazole rings is 1. The van der Waals surface area contributed by atoms with E-state index in [-0.39, 0.29) is 11.6 Å². The van der Waals surface area contributed by atoms with Crippen LogP contribution in [-0.2, 0) is 6.18 Å². The molecule has 0 radical (unpaired) electrons. The van der Waals surface area contributed by atoms with Crippen LogP contribution in [0.3, 0.4) is 0 Å². The highest BCUT2D eigenvalue weighted by atomic mass is 32.1. The first kappa shape index (κ1) is 19.1. The van der Waals surface area contributed by atoms with E-state index >= 15 is 0 Å². The van der Waals surface area contributed by atoms with Gasteiger partial charge in [0.15, 0.2) is 10.8 Å². The van der Waals surface area contributed by atoms with Gasteiger partial charge in [-0.25, -0.2) is 15.0 Å². The lowest BCUT2D eigenvalue weighted by Crippen LogP contribution is -2.17. The maximum Gasteiger partial charge on any atom is 0.433 e. The maximum absolute atomic E-state index is 13.5. The van der Waals surface area contributed by atoms with E-state index in [1.165, 1.54) is 23.3 Å². The molecule has 0 bridgehead atoms. The molecular formula is C20H15F3N4OS. The molecular weight excluding hydrogens is 401 g/mol. The molecule has 0 aliphatic rings. The van der Waals surface area contributed by atoms with Gasteiger partial charge in [0.1, 0.15) is 5.75 Å². The van der Waals surface area contributed by atoms with E-state index in [9.17, 15) is 13.2 Å². The Hall–Kier alpha value is -3.20. The van der Waals surface area contributed by atoms with Crippen LogP contribution in [0.1, 0.15) is 5.69 Å². The number of hydrogen-bond acceptors (Lipinski definition) is 6. The number of rotatable bonds is 4. The third-order valence-corrected chi connectivity index (χ3v) is 5.37. The molecule has 2 aromatic carbocycles. The van der Waals surface area contributed by atoms with Gasteiger partial charge < -0.3 is 4.74 Å². The SMILES string of the molecule is COc1ccc(-c2cc(C(F)(F)F)nc(N(C)c3nc4ccccc4s3)n2)cc1. The van der Waals surface area contributed by atoms with E-state index in [0.717, 1.165) is 16.3 Å². The molecule has 0 saturated heterocycles. The van der Waals surface area contributed by atoms with Crippen molar-refractivity contribution in [3.63, 3.8) is 0 Å². The molecule has 148 valence electrons. The van der Waals surface area contributed by atoms with Gasteiger partial charge in [0, 0.05) is 12.6 Å². The van der Waals surface area contributed by atoms with Gasteiger partial charge in [-0.2, -0.15) is 13.2 Å². The molecule has 9 heteroatoms. The summed E-state index contributed by atoms with van der Waals surface area (Å²) in [7, 11) is 3.12. The van der Waals surface area contributed by atoms with Crippen LogP contribution in [0.25, 0.3) is 21.5 Å². The first-order chi connectivity index (χ1) is 13.8. The Morgan fingerprint density at radius 3 is 2.34 bits per heavy atom. The lowest BCUT2D eigenvalue weighted by atomic mass is 10.1. The molecule has 0 aliphatic heterocycles. The van der Waals surface area contributed by atoms with Gasteiger partial charge in [-0.15, -0.1) is 0 Å². The lowest BCUT2D eigenvalue weighted by Gasteiger charge is -2.17. The van der Waals surface area contributed by atoms with E-state index in [1.54, 1.807) is 31.3 Å². The molecule has 0 saturated carbocycles. The van der Waals surface area contributed by atoms with Crippen LogP contribution < -0.4 is 9.64 Å². The summed E-state index contributed by atoms with van der Waals surface area (Å²) < 4.78 is 46.5. The van der Waals surface area contributed by atoms with Gasteiger partial charge in [-0.3, -0.25) is 4.90 Å². The summed E-state index contributed by atoms with van der Waals surface area (Å²) in [5.74, 6) is 0.523. The zero-order chi connectivity index (χ0) is 20.6. The predicted octanol–water partition coefficient (Wildman–Crippen LogP) is 5.55. The standard InChI is InChI=1S/C20H15F3N4OS/c1-27(19-25-14-5-3-4-6-16(14)29-19)18-24-15(11-17(26-18)20(21,22)23)12-7-9-13(28-2)10-8-12/h3-11H,1-2H3. The molecule has 4 rings (SSSR count). The Morgan fingerprint density at radius 2 is 1.69 bits per heavy atom. The minimum Gasteiger partial charge on any atom is -0.497 e. The quantitative estimate of drug-likeness (QED) is 0.437. The summed E-state index contributed by atoms with van der Waals surface area (Å²) in [6, 6.07) is 15.1. The highest BCUT2D eigenvalue weighted by Gasteiger charge is 2.34. The second kappa shape index (κ2) is 7.32. The molecule has 0 aliphatic carbocycles. The normalized spacial score (nSPS) is 11.6. The van der Waals surface area contributed by atoms with Crippen molar-refractivity contribution in [3.8, 4) is 17.0 Å². The molecule has 2 aromatic heterocycles. The first-order valence-corrected chi connectivity index (χ1v) is 9.37. The first-order valence-electron chi connectivity index (χ1n) is 8.55. The zero-order valence-electron chi connectivity index (χ0n) is 15.4. The third-order valence-electron chi connectivity index (χ3n) is 4.26. The van der Waals surface area contributed by atoms with Gasteiger partial charge in [0.05, 0.1) is 23.0 Å². The fourth-order valence-electron chi connectivity index (χ4n) is 2.73. The fourth-order valence-corrected chi connectivity index (χ4v) is 3.65. The average Bonchev–Trinajstić information content (AvgIpc) is 3.16. The molecule has 0 N–H and O–H groups in total. The Kier molecular flexibility index (Phi) is 4.83. The number of benzene rings is 2. The van der Waals surface area contributed by atoms with E-state index in [2.05, 4.69) is 15.0 Å². The molecule has 0 atom stereocenters. The van der Waals surface area contributed by atoms with Crippen molar-refractivity contribution in [2.24, 2.45) is 0 Å². The Labute approximate surface area is 168 Å². The summed E-state index contributed by atoms with van der Waals surface area (Å²) in [5, 5.41) is 0.506. The average molecular weight is 416 g/mol. The van der Waals surface area contributed by atoms with Crippen molar-refractivity contribution < 1.29 is 17.9 Å². The monoisotopic (exact) mass is 416 g/mol. The molecule has 0 unspecified atom stereocenters. The van der Waals surface area contributed by atoms with E-state index in [1.807, 2.05) is 24.3 Å². The van der Waals surface area contributed by atoms with Crippen LogP contribution in [0, 0.1) is 0 Å². The molecule has 5 nitrogen and oxygen atoms in total. The Bertz CT molecular complexity index is 1130. The molecule has 0 amide bonds. The van der Waals surface area contributed by atoms with Crippen LogP contribution in [0.15, 0.2) is 54.6 Å². The zero-order valence-corrected chi connectivity index (χ0v) is 16.3. The summed E-state index contributed by atoms with van der Waals surface area (Å²) in [4.78, 5) is 14.0. The minimum atomic E-state index is -4.60. The van der Waals surface area contributed by atoms with Crippen molar-refractivity contribution in [3.05, 3.63) is 60.3 Å². The smallest absolute Gasteiger partial charge is 0.433 e. The van der Waals surface area contributed by atoms with Crippen LogP contribution >= 0.6 is 11.3 Å². The van der Waals surface area contributed by atoms with Crippen molar-refractivity contribution in [2.75, 3.05) is 19.1 Å². The van der Waals surface area contributed by atoms with E-state index in [0.29, 0.717) is 16.4 Å². The van der Waals surface area contributed by atoms with Crippen LogP contribution in [-0.4, -0.2) is 29.1 Å². The van der Waals surface area contributed by atoms with Crippen molar-refractivity contribution in [1.82, 2.24) is 15.0 Å². The van der Waals surface area contributed by atoms with Gasteiger partial charge >= 0.3 is 6.18 Å². The summed E-state index contributed by atoms with van der Waals surface area (Å²) in [6.07, 6.45) is -4.60. The second-order valence-corrected chi connectivity index (χ2v) is 7.20. The van der Waals surface area contributed by atoms with Crippen LogP contribution in [0.2, 0.25) is 0 Å². The summed E-state index contributed by atoms with van der Waals surface area (Å²) in [5.41, 5.74) is 0.443. The molecule has 4 aromatic rings. The number of aromatic nitrogens is 3.